The van der Waals surface area contributed by atoms with Crippen LogP contribution in [0.2, 0.25) is 0 Å². The van der Waals surface area contributed by atoms with Crippen LogP contribution in [0.25, 0.3) is 0 Å². The Morgan fingerprint density at radius 3 is 2.86 bits per heavy atom. The predicted octanol–water partition coefficient (Wildman–Crippen LogP) is 3.23. The summed E-state index contributed by atoms with van der Waals surface area (Å²) in [5.74, 6) is 0.771. The van der Waals surface area contributed by atoms with Crippen molar-refractivity contribution in [1.82, 2.24) is 4.98 Å². The fourth-order valence-corrected chi connectivity index (χ4v) is 2.49. The van der Waals surface area contributed by atoms with Gasteiger partial charge in [-0.1, -0.05) is 30.3 Å². The molecule has 1 aromatic carbocycles. The highest BCUT2D eigenvalue weighted by atomic mass is 16.5. The lowest BCUT2D eigenvalue weighted by atomic mass is 10.1. The molecule has 4 heteroatoms. The lowest BCUT2D eigenvalue weighted by Crippen LogP contribution is -2.13. The zero-order valence-corrected chi connectivity index (χ0v) is 12.0. The summed E-state index contributed by atoms with van der Waals surface area (Å²) < 4.78 is 5.06. The second-order valence-electron chi connectivity index (χ2n) is 5.12. The molecule has 2 unspecified atom stereocenters. The van der Waals surface area contributed by atoms with Crippen LogP contribution in [0.3, 0.4) is 0 Å². The standard InChI is InChI=1S/C17H18N2O2/c1-2-21-17(20)13-9-6-10-18-16(13)19-15-11-14(15)12-7-4-3-5-8-12/h3-10,14-15H,2,11H2,1H3,(H,18,19). The molecule has 1 fully saturated rings. The molecular weight excluding hydrogens is 264 g/mol. The SMILES string of the molecule is CCOC(=O)c1cccnc1NC1CC1c1ccccc1. The summed E-state index contributed by atoms with van der Waals surface area (Å²) in [5.41, 5.74) is 1.82. The number of carbonyl (C=O) groups excluding carboxylic acids is 1. The van der Waals surface area contributed by atoms with Crippen LogP contribution in [0.5, 0.6) is 0 Å². The zero-order valence-electron chi connectivity index (χ0n) is 12.0. The topological polar surface area (TPSA) is 51.2 Å². The molecule has 0 bridgehead atoms. The van der Waals surface area contributed by atoms with Crippen molar-refractivity contribution in [2.45, 2.75) is 25.3 Å². The molecule has 21 heavy (non-hydrogen) atoms. The van der Waals surface area contributed by atoms with E-state index in [1.54, 1.807) is 25.3 Å². The van der Waals surface area contributed by atoms with Crippen molar-refractivity contribution in [3.63, 3.8) is 0 Å². The summed E-state index contributed by atoms with van der Waals surface area (Å²) in [6.07, 6.45) is 2.74. The molecule has 0 aliphatic heterocycles. The van der Waals surface area contributed by atoms with E-state index >= 15 is 0 Å². The van der Waals surface area contributed by atoms with Gasteiger partial charge in [-0.25, -0.2) is 9.78 Å². The number of anilines is 1. The third kappa shape index (κ3) is 3.05. The van der Waals surface area contributed by atoms with Gasteiger partial charge in [0.25, 0.3) is 0 Å². The van der Waals surface area contributed by atoms with Crippen LogP contribution in [-0.2, 0) is 4.74 Å². The maximum Gasteiger partial charge on any atom is 0.341 e. The fraction of sp³-hybridized carbons (Fsp3) is 0.294. The summed E-state index contributed by atoms with van der Waals surface area (Å²) in [4.78, 5) is 16.2. The van der Waals surface area contributed by atoms with Gasteiger partial charge in [-0.3, -0.25) is 0 Å². The summed E-state index contributed by atoms with van der Waals surface area (Å²) in [6, 6.07) is 14.2. The summed E-state index contributed by atoms with van der Waals surface area (Å²) in [7, 11) is 0. The van der Waals surface area contributed by atoms with E-state index in [0.717, 1.165) is 6.42 Å². The molecule has 0 amide bonds. The lowest BCUT2D eigenvalue weighted by molar-refractivity contribution is 0.0527. The van der Waals surface area contributed by atoms with Gasteiger partial charge in [-0.2, -0.15) is 0 Å². The minimum atomic E-state index is -0.329. The monoisotopic (exact) mass is 282 g/mol. The Hall–Kier alpha value is -2.36. The van der Waals surface area contributed by atoms with Gasteiger partial charge in [-0.15, -0.1) is 0 Å². The highest BCUT2D eigenvalue weighted by Crippen LogP contribution is 2.42. The van der Waals surface area contributed by atoms with E-state index in [9.17, 15) is 4.79 Å². The fourth-order valence-electron chi connectivity index (χ4n) is 2.49. The quantitative estimate of drug-likeness (QED) is 0.855. The number of ether oxygens (including phenoxy) is 1. The van der Waals surface area contributed by atoms with E-state index in [1.807, 2.05) is 6.07 Å². The van der Waals surface area contributed by atoms with E-state index in [2.05, 4.69) is 34.6 Å². The maximum absolute atomic E-state index is 11.9. The Kier molecular flexibility index (Phi) is 3.86. The molecule has 4 nitrogen and oxygen atoms in total. The molecule has 0 radical (unpaired) electrons. The number of esters is 1. The average Bonchev–Trinajstić information content (AvgIpc) is 3.28. The molecule has 1 aromatic heterocycles. The second-order valence-corrected chi connectivity index (χ2v) is 5.12. The van der Waals surface area contributed by atoms with Gasteiger partial charge in [0, 0.05) is 18.2 Å². The summed E-state index contributed by atoms with van der Waals surface area (Å²) in [6.45, 7) is 2.16. The van der Waals surface area contributed by atoms with E-state index in [4.69, 9.17) is 4.74 Å². The molecule has 108 valence electrons. The van der Waals surface area contributed by atoms with Gasteiger partial charge in [0.2, 0.25) is 0 Å². The van der Waals surface area contributed by atoms with Crippen LogP contribution in [0, 0.1) is 0 Å². The Morgan fingerprint density at radius 1 is 1.29 bits per heavy atom. The van der Waals surface area contributed by atoms with Crippen molar-refractivity contribution in [1.29, 1.82) is 0 Å². The van der Waals surface area contributed by atoms with Gasteiger partial charge in [0.05, 0.1) is 6.61 Å². The van der Waals surface area contributed by atoms with Crippen molar-refractivity contribution >= 4 is 11.8 Å². The number of benzene rings is 1. The third-order valence-electron chi connectivity index (χ3n) is 3.64. The number of carbonyl (C=O) groups is 1. The Morgan fingerprint density at radius 2 is 2.10 bits per heavy atom. The van der Waals surface area contributed by atoms with Crippen molar-refractivity contribution < 1.29 is 9.53 Å². The van der Waals surface area contributed by atoms with Crippen molar-refractivity contribution in [3.05, 3.63) is 59.8 Å². The van der Waals surface area contributed by atoms with Crippen molar-refractivity contribution in [2.75, 3.05) is 11.9 Å². The Bertz CT molecular complexity index is 628. The number of hydrogen-bond donors (Lipinski definition) is 1. The number of aromatic nitrogens is 1. The molecule has 1 aliphatic carbocycles. The van der Waals surface area contributed by atoms with Crippen LogP contribution >= 0.6 is 0 Å². The van der Waals surface area contributed by atoms with E-state index in [0.29, 0.717) is 29.9 Å². The smallest absolute Gasteiger partial charge is 0.341 e. The average molecular weight is 282 g/mol. The van der Waals surface area contributed by atoms with Crippen LogP contribution in [0.15, 0.2) is 48.7 Å². The minimum absolute atomic E-state index is 0.329. The van der Waals surface area contributed by atoms with Crippen LogP contribution < -0.4 is 5.32 Å². The highest BCUT2D eigenvalue weighted by molar-refractivity contribution is 5.94. The van der Waals surface area contributed by atoms with E-state index < -0.39 is 0 Å². The van der Waals surface area contributed by atoms with Gasteiger partial charge in [-0.05, 0) is 31.0 Å². The first-order valence-corrected chi connectivity index (χ1v) is 7.23. The van der Waals surface area contributed by atoms with E-state index in [-0.39, 0.29) is 5.97 Å². The minimum Gasteiger partial charge on any atom is -0.462 e. The van der Waals surface area contributed by atoms with Crippen LogP contribution in [-0.4, -0.2) is 23.6 Å². The van der Waals surface area contributed by atoms with Gasteiger partial charge in [0.1, 0.15) is 11.4 Å². The number of pyridine rings is 1. The molecule has 2 atom stereocenters. The van der Waals surface area contributed by atoms with Crippen LogP contribution in [0.4, 0.5) is 5.82 Å². The largest absolute Gasteiger partial charge is 0.462 e. The van der Waals surface area contributed by atoms with Crippen molar-refractivity contribution in [2.24, 2.45) is 0 Å². The Labute approximate surface area is 124 Å². The normalized spacial score (nSPS) is 19.9. The van der Waals surface area contributed by atoms with Crippen molar-refractivity contribution in [3.8, 4) is 0 Å². The zero-order chi connectivity index (χ0) is 14.7. The first-order valence-electron chi connectivity index (χ1n) is 7.23. The number of rotatable bonds is 5. The van der Waals surface area contributed by atoms with Gasteiger partial charge >= 0.3 is 5.97 Å². The molecule has 1 saturated carbocycles. The number of nitrogens with zero attached hydrogens (tertiary/aromatic N) is 1. The second kappa shape index (κ2) is 5.95. The maximum atomic E-state index is 11.9. The highest BCUT2D eigenvalue weighted by Gasteiger charge is 2.39. The summed E-state index contributed by atoms with van der Waals surface area (Å²) in [5, 5.41) is 3.36. The van der Waals surface area contributed by atoms with Crippen LogP contribution in [0.1, 0.15) is 35.2 Å². The summed E-state index contributed by atoms with van der Waals surface area (Å²) >= 11 is 0. The molecule has 0 spiro atoms. The lowest BCUT2D eigenvalue weighted by Gasteiger charge is -2.10. The molecule has 1 heterocycles. The Balaban J connectivity index is 1.71. The molecule has 0 saturated heterocycles. The number of nitrogens with one attached hydrogen (secondary N) is 1. The molecule has 1 aliphatic rings. The van der Waals surface area contributed by atoms with Gasteiger partial charge in [0.15, 0.2) is 0 Å². The predicted molar refractivity (Wildman–Crippen MR) is 81.4 cm³/mol. The molecule has 3 rings (SSSR count). The third-order valence-corrected chi connectivity index (χ3v) is 3.64. The number of hydrogen-bond acceptors (Lipinski definition) is 4. The molecule has 2 aromatic rings. The molecular formula is C17H18N2O2. The van der Waals surface area contributed by atoms with Gasteiger partial charge < -0.3 is 10.1 Å². The first-order chi connectivity index (χ1) is 10.3. The van der Waals surface area contributed by atoms with E-state index in [1.165, 1.54) is 5.56 Å². The molecule has 1 N–H and O–H groups in total. The first kappa shape index (κ1) is 13.6.